The third-order valence-corrected chi connectivity index (χ3v) is 3.16. The molecule has 0 fully saturated rings. The first-order valence-corrected chi connectivity index (χ1v) is 6.56. The molecule has 4 heteroatoms. The number of aryl methyl sites for hydroxylation is 1. The Morgan fingerprint density at radius 2 is 1.80 bits per heavy atom. The zero-order valence-electron chi connectivity index (χ0n) is 12.3. The van der Waals surface area contributed by atoms with Crippen LogP contribution in [0.1, 0.15) is 24.2 Å². The third kappa shape index (κ3) is 3.20. The van der Waals surface area contributed by atoms with Gasteiger partial charge in [-0.05, 0) is 43.7 Å². The summed E-state index contributed by atoms with van der Waals surface area (Å²) in [5, 5.41) is 3.38. The van der Waals surface area contributed by atoms with Crippen LogP contribution in [-0.4, -0.2) is 19.2 Å². The minimum atomic E-state index is 0.129. The fraction of sp³-hybridized carbons (Fsp3) is 0.312. The SMILES string of the molecule is COc1ccc(C(C)Nc2cccc(C)n2)cc1OC. The van der Waals surface area contributed by atoms with E-state index in [9.17, 15) is 0 Å². The van der Waals surface area contributed by atoms with E-state index in [2.05, 4.69) is 17.2 Å². The molecule has 0 aliphatic rings. The monoisotopic (exact) mass is 272 g/mol. The van der Waals surface area contributed by atoms with Gasteiger partial charge in [-0.25, -0.2) is 4.98 Å². The number of methoxy groups -OCH3 is 2. The van der Waals surface area contributed by atoms with E-state index >= 15 is 0 Å². The largest absolute Gasteiger partial charge is 0.493 e. The minimum absolute atomic E-state index is 0.129. The van der Waals surface area contributed by atoms with Gasteiger partial charge in [0.2, 0.25) is 0 Å². The lowest BCUT2D eigenvalue weighted by Gasteiger charge is -2.17. The number of aromatic nitrogens is 1. The Bertz CT molecular complexity index is 584. The van der Waals surface area contributed by atoms with Gasteiger partial charge in [-0.15, -0.1) is 0 Å². The average molecular weight is 272 g/mol. The molecule has 0 radical (unpaired) electrons. The number of hydrogen-bond acceptors (Lipinski definition) is 4. The van der Waals surface area contributed by atoms with Crippen molar-refractivity contribution < 1.29 is 9.47 Å². The molecule has 1 atom stereocenters. The molecule has 1 unspecified atom stereocenters. The predicted molar refractivity (Wildman–Crippen MR) is 80.6 cm³/mol. The van der Waals surface area contributed by atoms with Crippen molar-refractivity contribution in [3.8, 4) is 11.5 Å². The van der Waals surface area contributed by atoms with Crippen molar-refractivity contribution in [2.45, 2.75) is 19.9 Å². The smallest absolute Gasteiger partial charge is 0.161 e. The molecular weight excluding hydrogens is 252 g/mol. The Balaban J connectivity index is 2.18. The van der Waals surface area contributed by atoms with Gasteiger partial charge in [-0.3, -0.25) is 0 Å². The van der Waals surface area contributed by atoms with Gasteiger partial charge in [0.05, 0.1) is 20.3 Å². The Kier molecular flexibility index (Phi) is 4.45. The van der Waals surface area contributed by atoms with E-state index in [1.165, 1.54) is 0 Å². The molecule has 0 bridgehead atoms. The van der Waals surface area contributed by atoms with Crippen LogP contribution in [0.3, 0.4) is 0 Å². The van der Waals surface area contributed by atoms with Gasteiger partial charge in [-0.1, -0.05) is 12.1 Å². The van der Waals surface area contributed by atoms with Crippen molar-refractivity contribution in [3.05, 3.63) is 47.7 Å². The molecule has 0 spiro atoms. The molecule has 20 heavy (non-hydrogen) atoms. The zero-order chi connectivity index (χ0) is 14.5. The lowest BCUT2D eigenvalue weighted by Crippen LogP contribution is -2.08. The van der Waals surface area contributed by atoms with Gasteiger partial charge in [0.25, 0.3) is 0 Å². The first-order chi connectivity index (χ1) is 9.63. The van der Waals surface area contributed by atoms with E-state index < -0.39 is 0 Å². The zero-order valence-corrected chi connectivity index (χ0v) is 12.3. The summed E-state index contributed by atoms with van der Waals surface area (Å²) in [7, 11) is 3.28. The lowest BCUT2D eigenvalue weighted by molar-refractivity contribution is 0.354. The summed E-state index contributed by atoms with van der Waals surface area (Å²) in [6.07, 6.45) is 0. The fourth-order valence-corrected chi connectivity index (χ4v) is 2.05. The van der Waals surface area contributed by atoms with Crippen LogP contribution >= 0.6 is 0 Å². The quantitative estimate of drug-likeness (QED) is 0.903. The summed E-state index contributed by atoms with van der Waals surface area (Å²) in [4.78, 5) is 4.45. The maximum atomic E-state index is 5.33. The van der Waals surface area contributed by atoms with E-state index in [0.29, 0.717) is 0 Å². The van der Waals surface area contributed by atoms with Crippen LogP contribution in [0, 0.1) is 6.92 Å². The normalized spacial score (nSPS) is 11.8. The first kappa shape index (κ1) is 14.2. The van der Waals surface area contributed by atoms with Crippen LogP contribution in [0.25, 0.3) is 0 Å². The summed E-state index contributed by atoms with van der Waals surface area (Å²) in [5.74, 6) is 2.33. The molecule has 1 aromatic carbocycles. The van der Waals surface area contributed by atoms with Crippen LogP contribution in [0.4, 0.5) is 5.82 Å². The molecule has 0 amide bonds. The second-order valence-corrected chi connectivity index (χ2v) is 4.64. The number of anilines is 1. The molecule has 4 nitrogen and oxygen atoms in total. The van der Waals surface area contributed by atoms with Crippen LogP contribution in [0.15, 0.2) is 36.4 Å². The van der Waals surface area contributed by atoms with E-state index in [0.717, 1.165) is 28.6 Å². The van der Waals surface area contributed by atoms with Gasteiger partial charge < -0.3 is 14.8 Å². The minimum Gasteiger partial charge on any atom is -0.493 e. The predicted octanol–water partition coefficient (Wildman–Crippen LogP) is 3.58. The molecular formula is C16H20N2O2. The average Bonchev–Trinajstić information content (AvgIpc) is 2.46. The highest BCUT2D eigenvalue weighted by Gasteiger charge is 2.10. The number of nitrogens with zero attached hydrogens (tertiary/aromatic N) is 1. The van der Waals surface area contributed by atoms with E-state index in [-0.39, 0.29) is 6.04 Å². The molecule has 2 aromatic rings. The van der Waals surface area contributed by atoms with Gasteiger partial charge in [-0.2, -0.15) is 0 Å². The first-order valence-electron chi connectivity index (χ1n) is 6.56. The fourth-order valence-electron chi connectivity index (χ4n) is 2.05. The van der Waals surface area contributed by atoms with Crippen molar-refractivity contribution >= 4 is 5.82 Å². The molecule has 0 aliphatic heterocycles. The van der Waals surface area contributed by atoms with Crippen molar-refractivity contribution in [1.29, 1.82) is 0 Å². The second-order valence-electron chi connectivity index (χ2n) is 4.64. The summed E-state index contributed by atoms with van der Waals surface area (Å²) in [5.41, 5.74) is 2.11. The lowest BCUT2D eigenvalue weighted by atomic mass is 10.1. The topological polar surface area (TPSA) is 43.4 Å². The van der Waals surface area contributed by atoms with E-state index in [1.807, 2.05) is 43.3 Å². The highest BCUT2D eigenvalue weighted by molar-refractivity contribution is 5.46. The number of nitrogens with one attached hydrogen (secondary N) is 1. The molecule has 1 N–H and O–H groups in total. The van der Waals surface area contributed by atoms with Crippen molar-refractivity contribution in [2.75, 3.05) is 19.5 Å². The van der Waals surface area contributed by atoms with Gasteiger partial charge in [0.15, 0.2) is 11.5 Å². The Hall–Kier alpha value is -2.23. The number of ether oxygens (including phenoxy) is 2. The van der Waals surface area contributed by atoms with Crippen molar-refractivity contribution in [2.24, 2.45) is 0 Å². The molecule has 2 rings (SSSR count). The summed E-state index contributed by atoms with van der Waals surface area (Å²) >= 11 is 0. The second kappa shape index (κ2) is 6.28. The Morgan fingerprint density at radius 1 is 1.05 bits per heavy atom. The molecule has 1 heterocycles. The van der Waals surface area contributed by atoms with Crippen molar-refractivity contribution in [3.63, 3.8) is 0 Å². The summed E-state index contributed by atoms with van der Waals surface area (Å²) < 4.78 is 10.6. The maximum absolute atomic E-state index is 5.33. The number of rotatable bonds is 5. The Morgan fingerprint density at radius 3 is 2.45 bits per heavy atom. The highest BCUT2D eigenvalue weighted by atomic mass is 16.5. The third-order valence-electron chi connectivity index (χ3n) is 3.16. The maximum Gasteiger partial charge on any atom is 0.161 e. The number of benzene rings is 1. The Labute approximate surface area is 119 Å². The number of pyridine rings is 1. The van der Waals surface area contributed by atoms with Crippen LogP contribution < -0.4 is 14.8 Å². The highest BCUT2D eigenvalue weighted by Crippen LogP contribution is 2.30. The van der Waals surface area contributed by atoms with E-state index in [1.54, 1.807) is 14.2 Å². The van der Waals surface area contributed by atoms with Crippen molar-refractivity contribution in [1.82, 2.24) is 4.98 Å². The van der Waals surface area contributed by atoms with E-state index in [4.69, 9.17) is 9.47 Å². The summed E-state index contributed by atoms with van der Waals surface area (Å²) in [6, 6.07) is 12.0. The number of hydrogen-bond donors (Lipinski definition) is 1. The molecule has 0 saturated carbocycles. The molecule has 1 aromatic heterocycles. The van der Waals surface area contributed by atoms with Crippen LogP contribution in [0.5, 0.6) is 11.5 Å². The molecule has 0 aliphatic carbocycles. The molecule has 106 valence electrons. The van der Waals surface area contributed by atoms with Gasteiger partial charge >= 0.3 is 0 Å². The van der Waals surface area contributed by atoms with Gasteiger partial charge in [0, 0.05) is 5.69 Å². The van der Waals surface area contributed by atoms with Crippen LogP contribution in [0.2, 0.25) is 0 Å². The van der Waals surface area contributed by atoms with Gasteiger partial charge in [0.1, 0.15) is 5.82 Å². The summed E-state index contributed by atoms with van der Waals surface area (Å²) in [6.45, 7) is 4.07. The van der Waals surface area contributed by atoms with Crippen LogP contribution in [-0.2, 0) is 0 Å². The molecule has 0 saturated heterocycles. The standard InChI is InChI=1S/C16H20N2O2/c1-11-6-5-7-16(17-11)18-12(2)13-8-9-14(19-3)15(10-13)20-4/h5-10,12H,1-4H3,(H,17,18).